The minimum absolute atomic E-state index is 0.0955. The molecule has 0 spiro atoms. The summed E-state index contributed by atoms with van der Waals surface area (Å²) in [5, 5.41) is 10.1. The fourth-order valence-electron chi connectivity index (χ4n) is 0.694. The van der Waals surface area contributed by atoms with Gasteiger partial charge in [0.25, 0.3) is 0 Å². The van der Waals surface area contributed by atoms with Gasteiger partial charge in [0, 0.05) is 13.5 Å². The molecule has 0 bridgehead atoms. The smallest absolute Gasteiger partial charge is 0.207 e. The van der Waals surface area contributed by atoms with Crippen molar-refractivity contribution in [2.75, 3.05) is 6.54 Å². The molecule has 56 valence electrons. The Morgan fingerprint density at radius 1 is 1.44 bits per heavy atom. The van der Waals surface area contributed by atoms with Crippen molar-refractivity contribution >= 4 is 0 Å². The standard InChI is InChI=1S/C7H17NO/c1-3-4-5-6-8-7(2)9/h7-9H,3-6H2,1-2H3/p+1. The van der Waals surface area contributed by atoms with Crippen molar-refractivity contribution < 1.29 is 5.11 Å². The lowest BCUT2D eigenvalue weighted by atomic mass is 10.2. The third kappa shape index (κ3) is 7.92. The summed E-state index contributed by atoms with van der Waals surface area (Å²) in [5.41, 5.74) is 0. The molecule has 2 heteroatoms. The second-order valence-electron chi connectivity index (χ2n) is 2.38. The van der Waals surface area contributed by atoms with Crippen LogP contribution in [0.25, 0.3) is 0 Å². The van der Waals surface area contributed by atoms with Crippen LogP contribution in [-0.2, 0) is 0 Å². The van der Waals surface area contributed by atoms with E-state index in [9.17, 15) is 0 Å². The molecule has 0 radical (unpaired) electrons. The van der Waals surface area contributed by atoms with Crippen molar-refractivity contribution in [1.29, 1.82) is 0 Å². The van der Waals surface area contributed by atoms with E-state index in [2.05, 4.69) is 12.2 Å². The molecule has 0 aliphatic rings. The first-order valence-corrected chi connectivity index (χ1v) is 3.72. The quantitative estimate of drug-likeness (QED) is 0.336. The summed E-state index contributed by atoms with van der Waals surface area (Å²) in [7, 11) is 0. The highest BCUT2D eigenvalue weighted by Gasteiger charge is 1.94. The van der Waals surface area contributed by atoms with Gasteiger partial charge in [-0.2, -0.15) is 0 Å². The lowest BCUT2D eigenvalue weighted by molar-refractivity contribution is 0.156. The van der Waals surface area contributed by atoms with Crippen molar-refractivity contribution in [3.05, 3.63) is 0 Å². The van der Waals surface area contributed by atoms with Gasteiger partial charge in [0.05, 0.1) is 0 Å². The topological polar surface area (TPSA) is 34.9 Å². The van der Waals surface area contributed by atoms with Crippen LogP contribution in [0.1, 0.15) is 33.1 Å². The van der Waals surface area contributed by atoms with E-state index in [1.165, 1.54) is 19.3 Å². The minimum Gasteiger partial charge on any atom is -0.432 e. The van der Waals surface area contributed by atoms with Crippen LogP contribution < -0.4 is 5.32 Å². The maximum Gasteiger partial charge on any atom is 0.207 e. The van der Waals surface area contributed by atoms with Gasteiger partial charge in [-0.3, -0.25) is 5.32 Å². The van der Waals surface area contributed by atoms with E-state index in [-0.39, 0.29) is 6.23 Å². The number of rotatable bonds is 5. The van der Waals surface area contributed by atoms with Crippen LogP contribution in [-0.4, -0.2) is 17.9 Å². The molecule has 0 amide bonds. The van der Waals surface area contributed by atoms with Gasteiger partial charge in [0.2, 0.25) is 6.23 Å². The zero-order valence-corrected chi connectivity index (χ0v) is 6.41. The van der Waals surface area contributed by atoms with E-state index < -0.39 is 0 Å². The summed E-state index contributed by atoms with van der Waals surface area (Å²) in [6.45, 7) is 5.04. The van der Waals surface area contributed by atoms with Crippen LogP contribution in [0.5, 0.6) is 0 Å². The first-order chi connectivity index (χ1) is 4.27. The predicted molar refractivity (Wildman–Crippen MR) is 40.6 cm³/mol. The van der Waals surface area contributed by atoms with Crippen LogP contribution in [0.4, 0.5) is 0 Å². The van der Waals surface area contributed by atoms with Gasteiger partial charge in [-0.25, -0.2) is 0 Å². The minimum atomic E-state index is -0.0955. The predicted octanol–water partition coefficient (Wildman–Crippen LogP) is 0.837. The summed E-state index contributed by atoms with van der Waals surface area (Å²) in [6, 6.07) is 0. The Morgan fingerprint density at radius 2 is 2.11 bits per heavy atom. The van der Waals surface area contributed by atoms with Crippen molar-refractivity contribution in [3.63, 3.8) is 0 Å². The highest BCUT2D eigenvalue weighted by molar-refractivity contribution is 4.46. The van der Waals surface area contributed by atoms with Crippen LogP contribution in [0, 0.1) is 0 Å². The Morgan fingerprint density at radius 3 is 2.56 bits per heavy atom. The van der Waals surface area contributed by atoms with Crippen LogP contribution in [0.3, 0.4) is 0 Å². The summed E-state index contributed by atoms with van der Waals surface area (Å²) in [4.78, 5) is 0. The molecule has 0 aromatic rings. The Labute approximate surface area is 57.3 Å². The van der Waals surface area contributed by atoms with Gasteiger partial charge in [0.1, 0.15) is 0 Å². The molecule has 1 atom stereocenters. The molecule has 1 unspecified atom stereocenters. The number of nitrogens with one attached hydrogen (secondary N) is 1. The molecular weight excluding hydrogens is 114 g/mol. The molecule has 0 aliphatic carbocycles. The summed E-state index contributed by atoms with van der Waals surface area (Å²) in [6.07, 6.45) is 3.65. The van der Waals surface area contributed by atoms with E-state index in [4.69, 9.17) is 5.11 Å². The monoisotopic (exact) mass is 132 g/mol. The van der Waals surface area contributed by atoms with Gasteiger partial charge in [-0.15, -0.1) is 0 Å². The highest BCUT2D eigenvalue weighted by Crippen LogP contribution is 1.90. The molecule has 2 nitrogen and oxygen atoms in total. The van der Waals surface area contributed by atoms with Crippen molar-refractivity contribution in [3.8, 4) is 0 Å². The van der Waals surface area contributed by atoms with Crippen molar-refractivity contribution in [2.45, 2.75) is 39.3 Å². The van der Waals surface area contributed by atoms with E-state index in [0.29, 0.717) is 0 Å². The molecule has 9 heavy (non-hydrogen) atoms. The first-order valence-electron chi connectivity index (χ1n) is 3.72. The second kappa shape index (κ2) is 6.05. The molecule has 0 saturated heterocycles. The summed E-state index contributed by atoms with van der Waals surface area (Å²) in [5.74, 6) is 0. The zero-order chi connectivity index (χ0) is 7.11. The molecule has 3 N–H and O–H groups in total. The van der Waals surface area contributed by atoms with Crippen LogP contribution >= 0.6 is 0 Å². The maximum absolute atomic E-state index is 7.10. The van der Waals surface area contributed by atoms with Crippen molar-refractivity contribution in [2.24, 2.45) is 0 Å². The lowest BCUT2D eigenvalue weighted by Crippen LogP contribution is -2.26. The van der Waals surface area contributed by atoms with E-state index in [1.54, 1.807) is 0 Å². The second-order valence-corrected chi connectivity index (χ2v) is 2.38. The number of hydrogen-bond acceptors (Lipinski definition) is 1. The molecule has 0 aliphatic heterocycles. The molecule has 0 aromatic heterocycles. The molecule has 0 rings (SSSR count). The first kappa shape index (κ1) is 8.92. The van der Waals surface area contributed by atoms with Gasteiger partial charge >= 0.3 is 0 Å². The third-order valence-corrected chi connectivity index (χ3v) is 1.23. The number of hydrogen-bond donors (Lipinski definition) is 1. The average molecular weight is 132 g/mol. The van der Waals surface area contributed by atoms with Gasteiger partial charge in [-0.05, 0) is 6.42 Å². The van der Waals surface area contributed by atoms with Gasteiger partial charge < -0.3 is 5.11 Å². The third-order valence-electron chi connectivity index (χ3n) is 1.23. The molecule has 0 saturated carbocycles. The van der Waals surface area contributed by atoms with Gasteiger partial charge in [-0.1, -0.05) is 19.8 Å². The van der Waals surface area contributed by atoms with Crippen molar-refractivity contribution in [1.82, 2.24) is 5.32 Å². The Kier molecular flexibility index (Phi) is 5.99. The maximum atomic E-state index is 7.10. The van der Waals surface area contributed by atoms with E-state index in [0.717, 1.165) is 6.54 Å². The molecule has 0 fully saturated rings. The lowest BCUT2D eigenvalue weighted by Gasteiger charge is -2.01. The summed E-state index contributed by atoms with van der Waals surface area (Å²) < 4.78 is 0. The van der Waals surface area contributed by atoms with E-state index in [1.807, 2.05) is 6.92 Å². The molecule has 0 heterocycles. The highest BCUT2D eigenvalue weighted by atomic mass is 16.3. The fourth-order valence-corrected chi connectivity index (χ4v) is 0.694. The van der Waals surface area contributed by atoms with Crippen LogP contribution in [0.2, 0.25) is 0 Å². The molecular formula is C7H18NO+. The normalized spacial score (nSPS) is 13.7. The molecule has 0 aromatic carbocycles. The zero-order valence-electron chi connectivity index (χ0n) is 6.41. The Bertz CT molecular complexity index is 54.9. The Hall–Kier alpha value is -0.0800. The summed E-state index contributed by atoms with van der Waals surface area (Å²) >= 11 is 0. The largest absolute Gasteiger partial charge is 0.432 e. The average Bonchev–Trinajstić information content (AvgIpc) is 1.80. The van der Waals surface area contributed by atoms with E-state index >= 15 is 0 Å². The fraction of sp³-hybridized carbons (Fsp3) is 1.00. The SMILES string of the molecule is CCCCCNC(C)[OH2+]. The van der Waals surface area contributed by atoms with Gasteiger partial charge in [0.15, 0.2) is 0 Å². The van der Waals surface area contributed by atoms with Crippen LogP contribution in [0.15, 0.2) is 0 Å². The number of unbranched alkanes of at least 4 members (excludes halogenated alkanes) is 2. The Balaban J connectivity index is 2.75.